The third kappa shape index (κ3) is 8.67. The van der Waals surface area contributed by atoms with Gasteiger partial charge in [-0.15, -0.1) is 0 Å². The Bertz CT molecular complexity index is 1670. The highest BCUT2D eigenvalue weighted by molar-refractivity contribution is 7.91. The lowest BCUT2D eigenvalue weighted by Gasteiger charge is -2.30. The normalized spacial score (nSPS) is 29.2. The number of halogens is 4. The van der Waals surface area contributed by atoms with Gasteiger partial charge in [0.15, 0.2) is 0 Å². The van der Waals surface area contributed by atoms with Crippen LogP contribution in [0, 0.1) is 11.7 Å². The van der Waals surface area contributed by atoms with Crippen LogP contribution in [-0.2, 0) is 42.2 Å². The van der Waals surface area contributed by atoms with E-state index in [1.807, 2.05) is 6.08 Å². The van der Waals surface area contributed by atoms with Crippen molar-refractivity contribution in [3.63, 3.8) is 0 Å². The van der Waals surface area contributed by atoms with Crippen molar-refractivity contribution >= 4 is 33.8 Å². The predicted octanol–water partition coefficient (Wildman–Crippen LogP) is 3.55. The molecule has 3 heterocycles. The largest absolute Gasteiger partial charge is 0.444 e. The van der Waals surface area contributed by atoms with Crippen LogP contribution in [0.15, 0.2) is 30.4 Å². The zero-order valence-electron chi connectivity index (χ0n) is 28.1. The van der Waals surface area contributed by atoms with E-state index in [0.717, 1.165) is 6.42 Å². The Morgan fingerprint density at radius 3 is 2.59 bits per heavy atom. The van der Waals surface area contributed by atoms with Crippen molar-refractivity contribution in [2.24, 2.45) is 5.92 Å². The summed E-state index contributed by atoms with van der Waals surface area (Å²) in [5.74, 6) is -3.14. The molecule has 6 rings (SSSR count). The number of carbonyl (C=O) groups excluding carboxylic acids is 4. The Labute approximate surface area is 293 Å². The summed E-state index contributed by atoms with van der Waals surface area (Å²) in [6.45, 7) is -0.239. The molecule has 0 radical (unpaired) electrons. The maximum atomic E-state index is 14.4. The molecule has 2 saturated carbocycles. The molecule has 0 aromatic heterocycles. The molecule has 280 valence electrons. The molecular weight excluding hydrogens is 698 g/mol. The first-order valence-electron chi connectivity index (χ1n) is 17.5. The molecule has 0 unspecified atom stereocenters. The van der Waals surface area contributed by atoms with Crippen LogP contribution in [0.2, 0.25) is 0 Å². The molecule has 1 saturated heterocycles. The van der Waals surface area contributed by atoms with Crippen LogP contribution >= 0.6 is 0 Å². The summed E-state index contributed by atoms with van der Waals surface area (Å²) < 4.78 is 86.2. The van der Waals surface area contributed by atoms with E-state index in [2.05, 4.69) is 15.4 Å². The van der Waals surface area contributed by atoms with E-state index in [1.165, 1.54) is 21.9 Å². The maximum Gasteiger partial charge on any atom is 0.410 e. The van der Waals surface area contributed by atoms with Crippen molar-refractivity contribution in [2.45, 2.75) is 119 Å². The number of carbonyl (C=O) groups is 4. The number of fused-ring (bicyclic) bond motifs is 3. The SMILES string of the molecule is O=C1N[C@]2(C(=O)NS(=O)(=O)C3CC3)C[C@H]2/C=C\CCCCC[C@H](NCCCC(F)(F)F)C(=O)N2C[C@H](OC(=O)N3Cc4cccc(F)c4C3)C[C@@H]12. The van der Waals surface area contributed by atoms with Crippen LogP contribution in [-0.4, -0.2) is 90.3 Å². The van der Waals surface area contributed by atoms with E-state index in [0.29, 0.717) is 43.2 Å². The molecule has 4 amide bonds. The number of nitrogens with zero attached hydrogens (tertiary/aromatic N) is 2. The molecule has 0 spiro atoms. The first-order valence-corrected chi connectivity index (χ1v) is 19.1. The van der Waals surface area contributed by atoms with Crippen LogP contribution in [0.1, 0.15) is 81.8 Å². The number of hydrogen-bond acceptors (Lipinski definition) is 8. The van der Waals surface area contributed by atoms with Gasteiger partial charge in [-0.1, -0.05) is 37.1 Å². The second-order valence-corrected chi connectivity index (χ2v) is 16.2. The van der Waals surface area contributed by atoms with Crippen molar-refractivity contribution in [3.8, 4) is 0 Å². The molecule has 3 N–H and O–H groups in total. The minimum Gasteiger partial charge on any atom is -0.444 e. The standard InChI is InChI=1S/C34H43F4N5O7S/c35-26-10-6-8-21-18-42(20-25(21)26)32(47)50-23-16-28-29(44)40-33(31(46)41-51(48,49)24-12-13-24)17-22(33)9-4-2-1-3-5-11-27(30(45)43(28)19-23)39-15-7-14-34(36,37)38/h4,6,8-10,22-24,27-28,39H,1-3,5,7,11-20H2,(H,40,44)(H,41,46)/b9-4-/t22-,23-,27+,28+,33-/m1/s1. The van der Waals surface area contributed by atoms with Gasteiger partial charge in [0.05, 0.1) is 24.4 Å². The lowest BCUT2D eigenvalue weighted by molar-refractivity contribution is -0.141. The highest BCUT2D eigenvalue weighted by atomic mass is 32.2. The Morgan fingerprint density at radius 1 is 1.08 bits per heavy atom. The van der Waals surface area contributed by atoms with Gasteiger partial charge >= 0.3 is 12.3 Å². The van der Waals surface area contributed by atoms with Gasteiger partial charge in [0.1, 0.15) is 23.5 Å². The van der Waals surface area contributed by atoms with Crippen molar-refractivity contribution in [3.05, 3.63) is 47.3 Å². The third-order valence-electron chi connectivity index (χ3n) is 10.3. The second-order valence-electron chi connectivity index (χ2n) is 14.2. The van der Waals surface area contributed by atoms with Crippen LogP contribution < -0.4 is 15.4 Å². The molecule has 17 heteroatoms. The van der Waals surface area contributed by atoms with Gasteiger partial charge in [0.2, 0.25) is 21.8 Å². The number of rotatable bonds is 8. The average molecular weight is 742 g/mol. The minimum absolute atomic E-state index is 0.0274. The summed E-state index contributed by atoms with van der Waals surface area (Å²) in [4.78, 5) is 57.6. The first-order chi connectivity index (χ1) is 24.2. The summed E-state index contributed by atoms with van der Waals surface area (Å²) in [7, 11) is -3.94. The monoisotopic (exact) mass is 741 g/mol. The highest BCUT2D eigenvalue weighted by Gasteiger charge is 2.62. The van der Waals surface area contributed by atoms with Gasteiger partial charge in [-0.2, -0.15) is 13.2 Å². The number of alkyl halides is 3. The minimum atomic E-state index is -4.36. The Kier molecular flexibility index (Phi) is 10.7. The van der Waals surface area contributed by atoms with Crippen molar-refractivity contribution in [1.82, 2.24) is 25.2 Å². The molecule has 1 aromatic rings. The maximum absolute atomic E-state index is 14.4. The molecule has 2 aliphatic carbocycles. The zero-order chi connectivity index (χ0) is 36.6. The van der Waals surface area contributed by atoms with E-state index >= 15 is 0 Å². The number of ether oxygens (including phenoxy) is 1. The summed E-state index contributed by atoms with van der Waals surface area (Å²) in [5, 5.41) is 5.01. The van der Waals surface area contributed by atoms with Crippen molar-refractivity contribution in [1.29, 1.82) is 0 Å². The average Bonchev–Trinajstić information content (AvgIpc) is 3.94. The third-order valence-corrected chi connectivity index (χ3v) is 12.1. The molecule has 0 bridgehead atoms. The van der Waals surface area contributed by atoms with Crippen LogP contribution in [0.3, 0.4) is 0 Å². The van der Waals surface area contributed by atoms with Gasteiger partial charge in [-0.05, 0) is 63.1 Å². The molecule has 3 fully saturated rings. The Balaban J connectivity index is 1.22. The molecule has 1 aromatic carbocycles. The van der Waals surface area contributed by atoms with E-state index in [9.17, 15) is 45.2 Å². The summed E-state index contributed by atoms with van der Waals surface area (Å²) >= 11 is 0. The summed E-state index contributed by atoms with van der Waals surface area (Å²) in [6, 6.07) is 2.35. The van der Waals surface area contributed by atoms with Gasteiger partial charge in [0.25, 0.3) is 5.91 Å². The Morgan fingerprint density at radius 2 is 1.86 bits per heavy atom. The smallest absolute Gasteiger partial charge is 0.410 e. The number of amides is 4. The number of nitrogens with one attached hydrogen (secondary N) is 3. The lowest BCUT2D eigenvalue weighted by atomic mass is 10.0. The molecule has 5 aliphatic rings. The van der Waals surface area contributed by atoms with Gasteiger partial charge in [0, 0.05) is 30.9 Å². The molecule has 5 atom stereocenters. The van der Waals surface area contributed by atoms with Crippen LogP contribution in [0.25, 0.3) is 0 Å². The fourth-order valence-electron chi connectivity index (χ4n) is 7.20. The highest BCUT2D eigenvalue weighted by Crippen LogP contribution is 2.46. The number of benzene rings is 1. The van der Waals surface area contributed by atoms with Gasteiger partial charge < -0.3 is 20.3 Å². The summed E-state index contributed by atoms with van der Waals surface area (Å²) in [6.07, 6.45) is -0.000385. The van der Waals surface area contributed by atoms with Crippen LogP contribution in [0.5, 0.6) is 0 Å². The quantitative estimate of drug-likeness (QED) is 0.208. The van der Waals surface area contributed by atoms with E-state index in [4.69, 9.17) is 4.74 Å². The molecule has 3 aliphatic heterocycles. The molecule has 12 nitrogen and oxygen atoms in total. The van der Waals surface area contributed by atoms with E-state index in [-0.39, 0.29) is 51.9 Å². The summed E-state index contributed by atoms with van der Waals surface area (Å²) in [5.41, 5.74) is -0.594. The van der Waals surface area contributed by atoms with Crippen molar-refractivity contribution in [2.75, 3.05) is 13.1 Å². The van der Waals surface area contributed by atoms with Crippen molar-refractivity contribution < 1.29 is 49.9 Å². The Hall–Kier alpha value is -3.73. The second kappa shape index (κ2) is 14.7. The predicted molar refractivity (Wildman–Crippen MR) is 174 cm³/mol. The number of allylic oxidation sites excluding steroid dienone is 1. The lowest BCUT2D eigenvalue weighted by Crippen LogP contribution is -2.58. The molecular formula is C34H43F4N5O7S. The van der Waals surface area contributed by atoms with E-state index in [1.54, 1.807) is 12.1 Å². The van der Waals surface area contributed by atoms with Crippen LogP contribution in [0.4, 0.5) is 22.4 Å². The first kappa shape index (κ1) is 37.0. The molecule has 51 heavy (non-hydrogen) atoms. The van der Waals surface area contributed by atoms with Gasteiger partial charge in [-0.25, -0.2) is 17.6 Å². The van der Waals surface area contributed by atoms with Gasteiger partial charge in [-0.3, -0.25) is 24.0 Å². The fraction of sp³-hybridized carbons (Fsp3) is 0.647. The number of sulfonamides is 1. The zero-order valence-corrected chi connectivity index (χ0v) is 28.9. The van der Waals surface area contributed by atoms with E-state index < -0.39 is 87.1 Å². The fourth-order valence-corrected chi connectivity index (χ4v) is 8.56. The number of hydrogen-bond donors (Lipinski definition) is 3. The topological polar surface area (TPSA) is 154 Å².